The molecule has 0 aliphatic carbocycles. The number of halogens is 1. The molecule has 0 saturated heterocycles. The maximum Gasteiger partial charge on any atom is 0.131 e. The van der Waals surface area contributed by atoms with E-state index in [1.165, 1.54) is 43.2 Å². The van der Waals surface area contributed by atoms with Crippen molar-refractivity contribution >= 4 is 0 Å². The summed E-state index contributed by atoms with van der Waals surface area (Å²) in [5.41, 5.74) is 6.17. The third kappa shape index (κ3) is 7.04. The molecule has 0 aliphatic rings. The summed E-state index contributed by atoms with van der Waals surface area (Å²) in [6.45, 7) is 3.01. The Hall–Kier alpha value is -2.45. The van der Waals surface area contributed by atoms with Gasteiger partial charge in [0.2, 0.25) is 0 Å². The quantitative estimate of drug-likeness (QED) is 0.269. The lowest BCUT2D eigenvalue weighted by Crippen LogP contribution is -1.92. The van der Waals surface area contributed by atoms with E-state index < -0.39 is 0 Å². The minimum Gasteiger partial charge on any atom is -0.385 e. The summed E-state index contributed by atoms with van der Waals surface area (Å²) in [5.74, 6) is -0.172. The molecule has 0 saturated carbocycles. The van der Waals surface area contributed by atoms with E-state index in [2.05, 4.69) is 43.3 Å². The lowest BCUT2D eigenvalue weighted by Gasteiger charge is -2.09. The van der Waals surface area contributed by atoms with Crippen LogP contribution in [0.15, 0.2) is 66.7 Å². The number of aryl methyl sites for hydroxylation is 2. The Morgan fingerprint density at radius 1 is 0.645 bits per heavy atom. The molecule has 0 aromatic heterocycles. The largest absolute Gasteiger partial charge is 0.385 e. The van der Waals surface area contributed by atoms with Gasteiger partial charge in [-0.25, -0.2) is 4.39 Å². The number of hydrogen-bond acceptors (Lipinski definition) is 1. The molecule has 0 amide bonds. The normalized spacial score (nSPS) is 11.1. The van der Waals surface area contributed by atoms with E-state index in [4.69, 9.17) is 4.74 Å². The van der Waals surface area contributed by atoms with Gasteiger partial charge in [0.1, 0.15) is 5.82 Å². The third-order valence-electron chi connectivity index (χ3n) is 5.90. The molecule has 3 aromatic carbocycles. The molecule has 164 valence electrons. The van der Waals surface area contributed by atoms with Gasteiger partial charge in [0.15, 0.2) is 0 Å². The fourth-order valence-corrected chi connectivity index (χ4v) is 4.00. The Bertz CT molecular complexity index is 912. The summed E-state index contributed by atoms with van der Waals surface area (Å²) in [6.07, 6.45) is 9.56. The van der Waals surface area contributed by atoms with Crippen LogP contribution in [0.5, 0.6) is 0 Å². The molecule has 0 fully saturated rings. The molecule has 31 heavy (non-hydrogen) atoms. The molecule has 1 nitrogen and oxygen atoms in total. The highest BCUT2D eigenvalue weighted by molar-refractivity contribution is 5.71. The van der Waals surface area contributed by atoms with Crippen molar-refractivity contribution in [2.45, 2.75) is 58.3 Å². The van der Waals surface area contributed by atoms with Crippen molar-refractivity contribution in [3.8, 4) is 22.3 Å². The number of hydrogen-bond donors (Lipinski definition) is 0. The monoisotopic (exact) mass is 418 g/mol. The van der Waals surface area contributed by atoms with E-state index in [1.54, 1.807) is 13.2 Å². The summed E-state index contributed by atoms with van der Waals surface area (Å²) in [7, 11) is 1.73. The lowest BCUT2D eigenvalue weighted by atomic mass is 9.97. The molecule has 0 atom stereocenters. The summed E-state index contributed by atoms with van der Waals surface area (Å²) >= 11 is 0. The van der Waals surface area contributed by atoms with Gasteiger partial charge in [-0.1, -0.05) is 93.3 Å². The molecule has 0 radical (unpaired) electrons. The molecule has 0 aliphatic heterocycles. The van der Waals surface area contributed by atoms with Crippen LogP contribution >= 0.6 is 0 Å². The van der Waals surface area contributed by atoms with Gasteiger partial charge in [-0.3, -0.25) is 0 Å². The minimum atomic E-state index is -0.172. The van der Waals surface area contributed by atoms with Crippen molar-refractivity contribution in [1.82, 2.24) is 0 Å². The summed E-state index contributed by atoms with van der Waals surface area (Å²) in [5, 5.41) is 0. The van der Waals surface area contributed by atoms with Gasteiger partial charge in [0, 0.05) is 19.3 Å². The molecule has 0 spiro atoms. The van der Waals surface area contributed by atoms with Crippen LogP contribution in [-0.2, 0) is 17.6 Å². The molecule has 3 aromatic rings. The van der Waals surface area contributed by atoms with Crippen LogP contribution in [0.25, 0.3) is 22.3 Å². The number of ether oxygens (including phenoxy) is 1. The topological polar surface area (TPSA) is 9.23 Å². The van der Waals surface area contributed by atoms with Crippen LogP contribution < -0.4 is 0 Å². The molecular formula is C29H35FO. The average molecular weight is 419 g/mol. The van der Waals surface area contributed by atoms with Gasteiger partial charge in [0.25, 0.3) is 0 Å². The lowest BCUT2D eigenvalue weighted by molar-refractivity contribution is 0.195. The van der Waals surface area contributed by atoms with Crippen LogP contribution in [0.1, 0.15) is 56.6 Å². The van der Waals surface area contributed by atoms with E-state index in [1.807, 2.05) is 24.3 Å². The Kier molecular flexibility index (Phi) is 9.30. The Balaban J connectivity index is 1.62. The van der Waals surface area contributed by atoms with Crippen molar-refractivity contribution in [3.63, 3.8) is 0 Å². The van der Waals surface area contributed by atoms with Gasteiger partial charge in [-0.05, 0) is 59.6 Å². The fraction of sp³-hybridized carbons (Fsp3) is 0.379. The van der Waals surface area contributed by atoms with Crippen LogP contribution in [0, 0.1) is 5.82 Å². The van der Waals surface area contributed by atoms with Crippen molar-refractivity contribution in [2.75, 3.05) is 13.7 Å². The van der Waals surface area contributed by atoms with Crippen LogP contribution in [-0.4, -0.2) is 13.7 Å². The van der Waals surface area contributed by atoms with Gasteiger partial charge < -0.3 is 4.74 Å². The van der Waals surface area contributed by atoms with Crippen molar-refractivity contribution in [2.24, 2.45) is 0 Å². The Morgan fingerprint density at radius 2 is 1.23 bits per heavy atom. The summed E-state index contributed by atoms with van der Waals surface area (Å²) in [6, 6.07) is 22.3. The van der Waals surface area contributed by atoms with E-state index in [0.29, 0.717) is 5.56 Å². The number of methoxy groups -OCH3 is 1. The SMILES string of the molecule is CCCCCCCc1ccc(-c2ccc(-c3ccc(CCCOC)cc3)cc2F)cc1. The molecular weight excluding hydrogens is 383 g/mol. The van der Waals surface area contributed by atoms with E-state index in [0.717, 1.165) is 42.6 Å². The Morgan fingerprint density at radius 3 is 1.84 bits per heavy atom. The third-order valence-corrected chi connectivity index (χ3v) is 5.90. The highest BCUT2D eigenvalue weighted by Crippen LogP contribution is 2.29. The summed E-state index contributed by atoms with van der Waals surface area (Å²) in [4.78, 5) is 0. The highest BCUT2D eigenvalue weighted by Gasteiger charge is 2.08. The van der Waals surface area contributed by atoms with Crippen LogP contribution in [0.2, 0.25) is 0 Å². The predicted octanol–water partition coefficient (Wildman–Crippen LogP) is 8.25. The van der Waals surface area contributed by atoms with Gasteiger partial charge in [-0.2, -0.15) is 0 Å². The second-order valence-electron chi connectivity index (χ2n) is 8.35. The zero-order valence-electron chi connectivity index (χ0n) is 19.0. The van der Waals surface area contributed by atoms with Crippen molar-refractivity contribution in [1.29, 1.82) is 0 Å². The highest BCUT2D eigenvalue weighted by atomic mass is 19.1. The van der Waals surface area contributed by atoms with Crippen molar-refractivity contribution in [3.05, 3.63) is 83.7 Å². The van der Waals surface area contributed by atoms with E-state index in [9.17, 15) is 4.39 Å². The first-order chi connectivity index (χ1) is 15.2. The smallest absolute Gasteiger partial charge is 0.131 e. The second kappa shape index (κ2) is 12.4. The fourth-order valence-electron chi connectivity index (χ4n) is 4.00. The molecule has 0 heterocycles. The molecule has 0 bridgehead atoms. The van der Waals surface area contributed by atoms with Crippen LogP contribution in [0.3, 0.4) is 0 Å². The zero-order chi connectivity index (χ0) is 21.9. The molecule has 2 heteroatoms. The van der Waals surface area contributed by atoms with Crippen molar-refractivity contribution < 1.29 is 9.13 Å². The first kappa shape index (κ1) is 23.2. The summed E-state index contributed by atoms with van der Waals surface area (Å²) < 4.78 is 20.0. The minimum absolute atomic E-state index is 0.172. The second-order valence-corrected chi connectivity index (χ2v) is 8.35. The number of rotatable bonds is 12. The average Bonchev–Trinajstić information content (AvgIpc) is 2.80. The predicted molar refractivity (Wildman–Crippen MR) is 130 cm³/mol. The van der Waals surface area contributed by atoms with Gasteiger partial charge in [0.05, 0.1) is 0 Å². The van der Waals surface area contributed by atoms with E-state index in [-0.39, 0.29) is 5.82 Å². The number of benzene rings is 3. The molecule has 0 N–H and O–H groups in total. The van der Waals surface area contributed by atoms with Gasteiger partial charge in [-0.15, -0.1) is 0 Å². The first-order valence-electron chi connectivity index (χ1n) is 11.7. The Labute approximate surface area is 187 Å². The standard InChI is InChI=1S/C29H35FO/c1-3-4-5-6-7-9-23-13-17-26(18-14-23)28-20-19-27(22-29(28)30)25-15-11-24(12-16-25)10-8-21-31-2/h11-20,22H,3-10,21H2,1-2H3. The first-order valence-corrected chi connectivity index (χ1v) is 11.7. The maximum absolute atomic E-state index is 14.9. The number of unbranched alkanes of at least 4 members (excludes halogenated alkanes) is 4. The maximum atomic E-state index is 14.9. The molecule has 3 rings (SSSR count). The van der Waals surface area contributed by atoms with E-state index >= 15 is 0 Å². The van der Waals surface area contributed by atoms with Gasteiger partial charge >= 0.3 is 0 Å². The zero-order valence-corrected chi connectivity index (χ0v) is 19.0. The molecule has 0 unspecified atom stereocenters. The van der Waals surface area contributed by atoms with Crippen LogP contribution in [0.4, 0.5) is 4.39 Å².